The van der Waals surface area contributed by atoms with E-state index in [2.05, 4.69) is 6.92 Å². The summed E-state index contributed by atoms with van der Waals surface area (Å²) in [6.07, 6.45) is 23.4. The van der Waals surface area contributed by atoms with Gasteiger partial charge in [-0.1, -0.05) is 110 Å². The maximum absolute atomic E-state index is 11.8. The minimum absolute atomic E-state index is 0.0518. The monoisotopic (exact) mass is 596 g/mol. The van der Waals surface area contributed by atoms with E-state index in [0.717, 1.165) is 83.5 Å². The Morgan fingerprint density at radius 2 is 1.10 bits per heavy atom. The first-order valence-electron chi connectivity index (χ1n) is 18.0. The van der Waals surface area contributed by atoms with Crippen LogP contribution >= 0.6 is 0 Å². The molecular weight excluding hydrogens is 532 g/mol. The molecule has 3 saturated heterocycles. The average Bonchev–Trinajstić information content (AvgIpc) is 3.72. The molecule has 0 amide bonds. The van der Waals surface area contributed by atoms with Gasteiger partial charge in [-0.3, -0.25) is 4.79 Å². The summed E-state index contributed by atoms with van der Waals surface area (Å²) < 4.78 is 17.7. The van der Waals surface area contributed by atoms with Gasteiger partial charge in [-0.2, -0.15) is 0 Å². The van der Waals surface area contributed by atoms with E-state index in [1.165, 1.54) is 64.2 Å². The molecule has 0 spiro atoms. The maximum atomic E-state index is 11.8. The fourth-order valence-corrected chi connectivity index (χ4v) is 7.22. The molecule has 0 aliphatic carbocycles. The van der Waals surface area contributed by atoms with E-state index in [-0.39, 0.29) is 48.5 Å². The number of rotatable bonds is 23. The van der Waals surface area contributed by atoms with Crippen LogP contribution in [0, 0.1) is 5.92 Å². The Morgan fingerprint density at radius 3 is 1.52 bits per heavy atom. The molecule has 3 aliphatic heterocycles. The lowest BCUT2D eigenvalue weighted by Gasteiger charge is -2.24. The van der Waals surface area contributed by atoms with E-state index < -0.39 is 12.2 Å². The zero-order valence-corrected chi connectivity index (χ0v) is 26.9. The minimum atomic E-state index is -0.648. The van der Waals surface area contributed by atoms with Crippen molar-refractivity contribution in [1.82, 2.24) is 0 Å². The number of esters is 1. The topological polar surface area (TPSA) is 105 Å². The number of carbonyl (C=O) groups is 1. The van der Waals surface area contributed by atoms with E-state index in [9.17, 15) is 20.1 Å². The Kier molecular flexibility index (Phi) is 17.3. The van der Waals surface area contributed by atoms with Crippen LogP contribution in [-0.2, 0) is 19.0 Å². The third-order valence-electron chi connectivity index (χ3n) is 10.1. The second kappa shape index (κ2) is 20.3. The Balaban J connectivity index is 1.14. The molecular formula is C35H64O7. The molecule has 3 N–H and O–H groups in total. The highest BCUT2D eigenvalue weighted by molar-refractivity contribution is 5.75. The van der Waals surface area contributed by atoms with Gasteiger partial charge in [0.2, 0.25) is 0 Å². The van der Waals surface area contributed by atoms with Crippen LogP contribution in [0.2, 0.25) is 0 Å². The van der Waals surface area contributed by atoms with Gasteiger partial charge in [0, 0.05) is 0 Å². The summed E-state index contributed by atoms with van der Waals surface area (Å²) in [4.78, 5) is 11.8. The van der Waals surface area contributed by atoms with Crippen LogP contribution in [0.4, 0.5) is 0 Å². The Bertz CT molecular complexity index is 717. The van der Waals surface area contributed by atoms with E-state index in [1.807, 2.05) is 0 Å². The molecule has 0 unspecified atom stereocenters. The van der Waals surface area contributed by atoms with Crippen molar-refractivity contribution in [3.63, 3.8) is 0 Å². The molecule has 0 saturated carbocycles. The second-order valence-electron chi connectivity index (χ2n) is 13.6. The normalized spacial score (nSPS) is 31.1. The molecule has 246 valence electrons. The molecule has 0 aromatic rings. The molecule has 9 atom stereocenters. The van der Waals surface area contributed by atoms with Gasteiger partial charge in [-0.15, -0.1) is 0 Å². The molecule has 3 aliphatic rings. The van der Waals surface area contributed by atoms with Crippen LogP contribution in [0.3, 0.4) is 0 Å². The molecule has 3 fully saturated rings. The van der Waals surface area contributed by atoms with Gasteiger partial charge in [0.25, 0.3) is 0 Å². The largest absolute Gasteiger partial charge is 0.460 e. The zero-order chi connectivity index (χ0) is 30.2. The number of hydrogen-bond donors (Lipinski definition) is 3. The van der Waals surface area contributed by atoms with Crippen molar-refractivity contribution in [2.75, 3.05) is 0 Å². The third-order valence-corrected chi connectivity index (χ3v) is 10.1. The lowest BCUT2D eigenvalue weighted by molar-refractivity contribution is -0.143. The van der Waals surface area contributed by atoms with Crippen molar-refractivity contribution in [3.8, 4) is 0 Å². The van der Waals surface area contributed by atoms with E-state index in [0.29, 0.717) is 0 Å². The van der Waals surface area contributed by atoms with Crippen molar-refractivity contribution < 1.29 is 34.3 Å². The maximum Gasteiger partial charge on any atom is 0.312 e. The van der Waals surface area contributed by atoms with Crippen LogP contribution in [0.1, 0.15) is 162 Å². The third kappa shape index (κ3) is 12.3. The highest BCUT2D eigenvalue weighted by Gasteiger charge is 2.41. The first kappa shape index (κ1) is 35.7. The van der Waals surface area contributed by atoms with E-state index in [1.54, 1.807) is 6.92 Å². The lowest BCUT2D eigenvalue weighted by atomic mass is 9.95. The Labute approximate surface area is 256 Å². The van der Waals surface area contributed by atoms with Gasteiger partial charge < -0.3 is 29.5 Å². The van der Waals surface area contributed by atoms with Gasteiger partial charge >= 0.3 is 5.97 Å². The first-order chi connectivity index (χ1) is 20.4. The molecule has 0 bridgehead atoms. The van der Waals surface area contributed by atoms with Crippen LogP contribution in [0.5, 0.6) is 0 Å². The fraction of sp³-hybridized carbons (Fsp3) is 0.971. The van der Waals surface area contributed by atoms with Crippen molar-refractivity contribution >= 4 is 5.97 Å². The summed E-state index contributed by atoms with van der Waals surface area (Å²) >= 11 is 0. The van der Waals surface area contributed by atoms with Crippen molar-refractivity contribution in [1.29, 1.82) is 0 Å². The second-order valence-corrected chi connectivity index (χ2v) is 13.6. The standard InChI is InChI=1S/C35H64O7/c1-3-4-5-6-7-11-14-17-20-28(36)30-22-24-32(41-30)33-25-23-31(42-33)29(37)21-18-15-12-9-8-10-13-16-19-27-34(38)26(2)40-35(27)39/h26-34,36-38H,3-25H2,1-2H3/t26-,27-,28+,29-,30-,31-,32-,33-,34-/m0/s1. The molecule has 0 radical (unpaired) electrons. The molecule has 0 aromatic carbocycles. The lowest BCUT2D eigenvalue weighted by Crippen LogP contribution is -2.33. The first-order valence-corrected chi connectivity index (χ1v) is 18.0. The quantitative estimate of drug-likeness (QED) is 0.0849. The average molecular weight is 597 g/mol. The number of cyclic esters (lactones) is 1. The predicted molar refractivity (Wildman–Crippen MR) is 166 cm³/mol. The number of aliphatic hydroxyl groups is 3. The highest BCUT2D eigenvalue weighted by atomic mass is 16.6. The van der Waals surface area contributed by atoms with Crippen molar-refractivity contribution in [2.24, 2.45) is 5.92 Å². The van der Waals surface area contributed by atoms with Gasteiger partial charge in [0.05, 0.1) is 42.5 Å². The molecule has 7 heteroatoms. The van der Waals surface area contributed by atoms with E-state index in [4.69, 9.17) is 14.2 Å². The SMILES string of the molecule is CCCCCCCCCC[C@@H](O)[C@@H]1CC[C@@H]([C@@H]2CC[C@@H]([C@@H](O)CCCCCCCCCC[C@@H]3C(=O)O[C@@H](C)[C@@H]3O)O2)O1. The van der Waals surface area contributed by atoms with Crippen LogP contribution in [-0.4, -0.2) is 70.1 Å². The van der Waals surface area contributed by atoms with Gasteiger partial charge in [0.15, 0.2) is 0 Å². The minimum Gasteiger partial charge on any atom is -0.460 e. The van der Waals surface area contributed by atoms with Crippen LogP contribution < -0.4 is 0 Å². The molecule has 0 aromatic heterocycles. The summed E-state index contributed by atoms with van der Waals surface area (Å²) in [5, 5.41) is 31.4. The fourth-order valence-electron chi connectivity index (χ4n) is 7.22. The molecule has 3 rings (SSSR count). The number of unbranched alkanes of at least 4 members (excludes halogenated alkanes) is 14. The van der Waals surface area contributed by atoms with Crippen molar-refractivity contribution in [2.45, 2.75) is 210 Å². The predicted octanol–water partition coefficient (Wildman–Crippen LogP) is 7.16. The number of hydrogen-bond acceptors (Lipinski definition) is 7. The highest BCUT2D eigenvalue weighted by Crippen LogP contribution is 2.35. The smallest absolute Gasteiger partial charge is 0.312 e. The number of carbonyl (C=O) groups excluding carboxylic acids is 1. The summed E-state index contributed by atoms with van der Waals surface area (Å²) in [6, 6.07) is 0. The van der Waals surface area contributed by atoms with E-state index >= 15 is 0 Å². The van der Waals surface area contributed by atoms with Crippen LogP contribution in [0.15, 0.2) is 0 Å². The summed E-state index contributed by atoms with van der Waals surface area (Å²) in [5.74, 6) is -0.578. The summed E-state index contributed by atoms with van der Waals surface area (Å²) in [6.45, 7) is 4.01. The Hall–Kier alpha value is -0.730. The van der Waals surface area contributed by atoms with Gasteiger partial charge in [-0.05, 0) is 51.9 Å². The van der Waals surface area contributed by atoms with Gasteiger partial charge in [-0.25, -0.2) is 0 Å². The van der Waals surface area contributed by atoms with Crippen LogP contribution in [0.25, 0.3) is 0 Å². The molecule has 42 heavy (non-hydrogen) atoms. The molecule has 3 heterocycles. The molecule has 7 nitrogen and oxygen atoms in total. The number of ether oxygens (including phenoxy) is 3. The number of aliphatic hydroxyl groups excluding tert-OH is 3. The Morgan fingerprint density at radius 1 is 0.667 bits per heavy atom. The summed E-state index contributed by atoms with van der Waals surface area (Å²) in [5.41, 5.74) is 0. The van der Waals surface area contributed by atoms with Gasteiger partial charge in [0.1, 0.15) is 12.2 Å². The summed E-state index contributed by atoms with van der Waals surface area (Å²) in [7, 11) is 0. The zero-order valence-electron chi connectivity index (χ0n) is 26.9. The van der Waals surface area contributed by atoms with Crippen molar-refractivity contribution in [3.05, 3.63) is 0 Å².